The molecule has 0 aliphatic carbocycles. The minimum atomic E-state index is -1.18. The third-order valence-electron chi connectivity index (χ3n) is 2.50. The molecule has 0 saturated carbocycles. The highest BCUT2D eigenvalue weighted by atomic mass is 79.9. The van der Waals surface area contributed by atoms with Crippen molar-refractivity contribution in [2.45, 2.75) is 19.8 Å². The molecule has 0 heterocycles. The Morgan fingerprint density at radius 2 is 1.72 bits per heavy atom. The van der Waals surface area contributed by atoms with Gasteiger partial charge in [0.2, 0.25) is 0 Å². The molecule has 96 valence electrons. The van der Waals surface area contributed by atoms with Crippen LogP contribution < -0.4 is 0 Å². The Bertz CT molecular complexity index is 488. The van der Waals surface area contributed by atoms with Crippen molar-refractivity contribution in [2.75, 3.05) is 0 Å². The highest BCUT2D eigenvalue weighted by Gasteiger charge is 2.17. The standard InChI is InChI=1S/C13H13BrO4/c1-2-10(8-3-5-9(14)6-4-8)11(13(17)18)7-12(15)16/h3-6H,2,7H2,1H3,(H,15,16)(H,17,18)/b11-10-. The van der Waals surface area contributed by atoms with Crippen LogP contribution in [0.3, 0.4) is 0 Å². The maximum Gasteiger partial charge on any atom is 0.332 e. The second kappa shape index (κ2) is 6.35. The van der Waals surface area contributed by atoms with Crippen LogP contribution in [-0.4, -0.2) is 22.2 Å². The zero-order chi connectivity index (χ0) is 13.7. The number of benzene rings is 1. The number of carboxylic acid groups (broad SMARTS) is 2. The summed E-state index contributed by atoms with van der Waals surface area (Å²) in [5.41, 5.74) is 1.23. The molecular formula is C13H13BrO4. The van der Waals surface area contributed by atoms with Gasteiger partial charge in [-0.2, -0.15) is 0 Å². The van der Waals surface area contributed by atoms with E-state index >= 15 is 0 Å². The summed E-state index contributed by atoms with van der Waals surface area (Å²) in [5.74, 6) is -2.33. The molecular weight excluding hydrogens is 300 g/mol. The molecule has 1 aromatic carbocycles. The molecule has 4 nitrogen and oxygen atoms in total. The number of carboxylic acids is 2. The van der Waals surface area contributed by atoms with Crippen molar-refractivity contribution in [3.8, 4) is 0 Å². The highest BCUT2D eigenvalue weighted by molar-refractivity contribution is 9.10. The molecule has 0 saturated heterocycles. The summed E-state index contributed by atoms with van der Waals surface area (Å²) in [6.07, 6.45) is -0.00881. The molecule has 2 N–H and O–H groups in total. The quantitative estimate of drug-likeness (QED) is 0.819. The van der Waals surface area contributed by atoms with Gasteiger partial charge in [-0.05, 0) is 29.7 Å². The Kier molecular flexibility index (Phi) is 5.09. The average Bonchev–Trinajstić information content (AvgIpc) is 2.30. The van der Waals surface area contributed by atoms with Crippen LogP contribution in [0.1, 0.15) is 25.3 Å². The van der Waals surface area contributed by atoms with Crippen molar-refractivity contribution < 1.29 is 19.8 Å². The van der Waals surface area contributed by atoms with E-state index in [4.69, 9.17) is 10.2 Å². The van der Waals surface area contributed by atoms with Crippen LogP contribution in [0.2, 0.25) is 0 Å². The van der Waals surface area contributed by atoms with Crippen molar-refractivity contribution in [2.24, 2.45) is 0 Å². The average molecular weight is 313 g/mol. The Balaban J connectivity index is 3.29. The predicted octanol–water partition coefficient (Wildman–Crippen LogP) is 3.17. The maximum absolute atomic E-state index is 11.1. The lowest BCUT2D eigenvalue weighted by molar-refractivity contribution is -0.139. The van der Waals surface area contributed by atoms with Crippen molar-refractivity contribution in [1.29, 1.82) is 0 Å². The van der Waals surface area contributed by atoms with E-state index in [1.165, 1.54) is 0 Å². The van der Waals surface area contributed by atoms with Crippen LogP contribution in [0.5, 0.6) is 0 Å². The third-order valence-corrected chi connectivity index (χ3v) is 3.03. The second-order valence-electron chi connectivity index (χ2n) is 3.69. The molecule has 5 heteroatoms. The first-order valence-electron chi connectivity index (χ1n) is 5.38. The van der Waals surface area contributed by atoms with Crippen LogP contribution in [-0.2, 0) is 9.59 Å². The maximum atomic E-state index is 11.1. The molecule has 0 unspecified atom stereocenters. The fourth-order valence-electron chi connectivity index (χ4n) is 1.71. The number of rotatable bonds is 5. The summed E-state index contributed by atoms with van der Waals surface area (Å²) >= 11 is 3.30. The smallest absolute Gasteiger partial charge is 0.332 e. The van der Waals surface area contributed by atoms with E-state index in [0.717, 1.165) is 10.0 Å². The summed E-state index contributed by atoms with van der Waals surface area (Å²) in [4.78, 5) is 21.9. The van der Waals surface area contributed by atoms with Crippen LogP contribution >= 0.6 is 15.9 Å². The molecule has 0 aromatic heterocycles. The van der Waals surface area contributed by atoms with Gasteiger partial charge in [0, 0.05) is 4.47 Å². The predicted molar refractivity (Wildman–Crippen MR) is 71.2 cm³/mol. The highest BCUT2D eigenvalue weighted by Crippen LogP contribution is 2.25. The summed E-state index contributed by atoms with van der Waals surface area (Å²) in [5, 5.41) is 17.9. The van der Waals surface area contributed by atoms with Gasteiger partial charge in [0.05, 0.1) is 12.0 Å². The Morgan fingerprint density at radius 1 is 1.17 bits per heavy atom. The largest absolute Gasteiger partial charge is 0.481 e. The fourth-order valence-corrected chi connectivity index (χ4v) is 1.97. The van der Waals surface area contributed by atoms with Gasteiger partial charge in [0.25, 0.3) is 0 Å². The van der Waals surface area contributed by atoms with E-state index in [-0.39, 0.29) is 5.57 Å². The Hall–Kier alpha value is -1.62. The minimum Gasteiger partial charge on any atom is -0.481 e. The topological polar surface area (TPSA) is 74.6 Å². The second-order valence-corrected chi connectivity index (χ2v) is 4.61. The fraction of sp³-hybridized carbons (Fsp3) is 0.231. The normalized spacial score (nSPS) is 11.9. The van der Waals surface area contributed by atoms with E-state index in [9.17, 15) is 9.59 Å². The lowest BCUT2D eigenvalue weighted by atomic mass is 9.96. The number of halogens is 1. The van der Waals surface area contributed by atoms with E-state index in [1.54, 1.807) is 24.3 Å². The zero-order valence-corrected chi connectivity index (χ0v) is 11.4. The van der Waals surface area contributed by atoms with Crippen LogP contribution in [0, 0.1) is 0 Å². The lowest BCUT2D eigenvalue weighted by Gasteiger charge is -2.10. The molecule has 0 fully saturated rings. The summed E-state index contributed by atoms with van der Waals surface area (Å²) in [6, 6.07) is 7.14. The monoisotopic (exact) mass is 312 g/mol. The third kappa shape index (κ3) is 3.70. The van der Waals surface area contributed by atoms with Crippen molar-refractivity contribution in [3.63, 3.8) is 0 Å². The van der Waals surface area contributed by atoms with E-state index in [2.05, 4.69) is 15.9 Å². The van der Waals surface area contributed by atoms with Gasteiger partial charge in [0.1, 0.15) is 0 Å². The first-order valence-corrected chi connectivity index (χ1v) is 6.18. The Morgan fingerprint density at radius 3 is 2.11 bits per heavy atom. The number of hydrogen-bond donors (Lipinski definition) is 2. The molecule has 0 spiro atoms. The number of carbonyl (C=O) groups is 2. The van der Waals surface area contributed by atoms with Gasteiger partial charge in [-0.3, -0.25) is 4.79 Å². The zero-order valence-electron chi connectivity index (χ0n) is 9.81. The van der Waals surface area contributed by atoms with Crippen LogP contribution in [0.15, 0.2) is 34.3 Å². The van der Waals surface area contributed by atoms with Gasteiger partial charge in [-0.1, -0.05) is 35.0 Å². The summed E-state index contributed by atoms with van der Waals surface area (Å²) in [7, 11) is 0. The van der Waals surface area contributed by atoms with Crippen molar-refractivity contribution in [3.05, 3.63) is 39.9 Å². The molecule has 0 atom stereocenters. The molecule has 0 amide bonds. The molecule has 0 aliphatic rings. The SMILES string of the molecule is CC/C(=C(\CC(=O)O)C(=O)O)c1ccc(Br)cc1. The lowest BCUT2D eigenvalue weighted by Crippen LogP contribution is -2.09. The molecule has 0 bridgehead atoms. The van der Waals surface area contributed by atoms with Gasteiger partial charge < -0.3 is 10.2 Å². The molecule has 0 radical (unpaired) electrons. The van der Waals surface area contributed by atoms with Crippen molar-refractivity contribution >= 4 is 33.4 Å². The first kappa shape index (κ1) is 14.4. The van der Waals surface area contributed by atoms with E-state index in [0.29, 0.717) is 12.0 Å². The number of allylic oxidation sites excluding steroid dienone is 1. The summed E-state index contributed by atoms with van der Waals surface area (Å²) in [6.45, 7) is 1.81. The van der Waals surface area contributed by atoms with Gasteiger partial charge in [0.15, 0.2) is 0 Å². The number of hydrogen-bond acceptors (Lipinski definition) is 2. The molecule has 18 heavy (non-hydrogen) atoms. The Labute approximate surface area is 113 Å². The number of aliphatic carboxylic acids is 2. The van der Waals surface area contributed by atoms with Crippen molar-refractivity contribution in [1.82, 2.24) is 0 Å². The van der Waals surface area contributed by atoms with E-state index < -0.39 is 18.4 Å². The first-order chi connectivity index (χ1) is 8.45. The van der Waals surface area contributed by atoms with Gasteiger partial charge in [-0.25, -0.2) is 4.79 Å². The molecule has 1 rings (SSSR count). The summed E-state index contributed by atoms with van der Waals surface area (Å²) < 4.78 is 0.886. The van der Waals surface area contributed by atoms with Gasteiger partial charge in [-0.15, -0.1) is 0 Å². The van der Waals surface area contributed by atoms with Gasteiger partial charge >= 0.3 is 11.9 Å². The van der Waals surface area contributed by atoms with Crippen LogP contribution in [0.25, 0.3) is 5.57 Å². The van der Waals surface area contributed by atoms with Crippen LogP contribution in [0.4, 0.5) is 0 Å². The molecule has 1 aromatic rings. The molecule has 0 aliphatic heterocycles. The minimum absolute atomic E-state index is 0.0627. The van der Waals surface area contributed by atoms with E-state index in [1.807, 2.05) is 6.92 Å².